The van der Waals surface area contributed by atoms with Crippen LogP contribution in [0, 0.1) is 23.2 Å². The fraction of sp³-hybridized carbons (Fsp3) is 0.733. The van der Waals surface area contributed by atoms with Gasteiger partial charge in [0.1, 0.15) is 5.78 Å². The molecule has 1 saturated carbocycles. The van der Waals surface area contributed by atoms with Crippen molar-refractivity contribution in [3.05, 3.63) is 11.6 Å². The molecule has 0 aromatic heterocycles. The predicted molar refractivity (Wildman–Crippen MR) is 67.5 cm³/mol. The van der Waals surface area contributed by atoms with Gasteiger partial charge in [0.2, 0.25) is 0 Å². The lowest BCUT2D eigenvalue weighted by Crippen LogP contribution is -2.39. The second kappa shape index (κ2) is 4.08. The molecule has 0 amide bonds. The van der Waals surface area contributed by atoms with Crippen LogP contribution in [0.1, 0.15) is 47.0 Å². The van der Waals surface area contributed by atoms with E-state index in [9.17, 15) is 9.59 Å². The standard InChI is InChI=1S/C15H22O2/c1-9(2)14-12(16)7-11(4)15(14)6-5-10(3)13(17)8-15/h5,9,11,14H,6-8H2,1-4H3/t11-,14-,15-/m0/s1. The Morgan fingerprint density at radius 3 is 2.53 bits per heavy atom. The van der Waals surface area contributed by atoms with E-state index in [-0.39, 0.29) is 17.1 Å². The topological polar surface area (TPSA) is 34.1 Å². The van der Waals surface area contributed by atoms with Crippen molar-refractivity contribution in [2.24, 2.45) is 23.2 Å². The summed E-state index contributed by atoms with van der Waals surface area (Å²) in [5.74, 6) is 1.37. The molecule has 2 aliphatic carbocycles. The fourth-order valence-electron chi connectivity index (χ4n) is 3.87. The summed E-state index contributed by atoms with van der Waals surface area (Å²) in [6.07, 6.45) is 4.19. The van der Waals surface area contributed by atoms with Crippen molar-refractivity contribution in [3.63, 3.8) is 0 Å². The number of carbonyl (C=O) groups excluding carboxylic acids is 2. The summed E-state index contributed by atoms with van der Waals surface area (Å²) in [6.45, 7) is 8.25. The highest BCUT2D eigenvalue weighted by atomic mass is 16.1. The molecule has 0 bridgehead atoms. The van der Waals surface area contributed by atoms with Gasteiger partial charge in [0, 0.05) is 18.8 Å². The molecule has 2 heteroatoms. The maximum atomic E-state index is 12.2. The van der Waals surface area contributed by atoms with Crippen molar-refractivity contribution in [3.8, 4) is 0 Å². The van der Waals surface area contributed by atoms with Gasteiger partial charge in [-0.1, -0.05) is 26.8 Å². The number of allylic oxidation sites excluding steroid dienone is 2. The van der Waals surface area contributed by atoms with E-state index >= 15 is 0 Å². The molecular weight excluding hydrogens is 212 g/mol. The number of Topliss-reactive ketones (excluding diaryl/α,β-unsaturated/α-hetero) is 2. The number of rotatable bonds is 1. The third kappa shape index (κ3) is 1.78. The van der Waals surface area contributed by atoms with Gasteiger partial charge in [-0.3, -0.25) is 9.59 Å². The van der Waals surface area contributed by atoms with Gasteiger partial charge in [-0.25, -0.2) is 0 Å². The molecule has 2 aliphatic rings. The van der Waals surface area contributed by atoms with E-state index in [0.29, 0.717) is 30.5 Å². The maximum Gasteiger partial charge on any atom is 0.158 e. The highest BCUT2D eigenvalue weighted by Gasteiger charge is 2.54. The summed E-state index contributed by atoms with van der Waals surface area (Å²) in [5, 5.41) is 0. The van der Waals surface area contributed by atoms with Crippen LogP contribution in [0.15, 0.2) is 11.6 Å². The molecule has 0 aromatic rings. The van der Waals surface area contributed by atoms with Crippen LogP contribution in [0.25, 0.3) is 0 Å². The molecule has 1 fully saturated rings. The first-order valence-corrected chi connectivity index (χ1v) is 6.61. The first-order valence-electron chi connectivity index (χ1n) is 6.61. The molecule has 0 N–H and O–H groups in total. The highest BCUT2D eigenvalue weighted by molar-refractivity contribution is 5.97. The molecule has 0 heterocycles. The summed E-state index contributed by atoms with van der Waals surface area (Å²) in [6, 6.07) is 0. The van der Waals surface area contributed by atoms with Crippen LogP contribution in [0.4, 0.5) is 0 Å². The molecule has 0 aromatic carbocycles. The minimum Gasteiger partial charge on any atom is -0.299 e. The van der Waals surface area contributed by atoms with Crippen molar-refractivity contribution < 1.29 is 9.59 Å². The molecule has 0 radical (unpaired) electrons. The van der Waals surface area contributed by atoms with Crippen molar-refractivity contribution in [2.75, 3.05) is 0 Å². The van der Waals surface area contributed by atoms with Crippen molar-refractivity contribution in [2.45, 2.75) is 47.0 Å². The zero-order chi connectivity index (χ0) is 12.8. The van der Waals surface area contributed by atoms with E-state index in [1.807, 2.05) is 6.92 Å². The normalized spacial score (nSPS) is 38.1. The molecule has 2 nitrogen and oxygen atoms in total. The molecule has 1 spiro atoms. The smallest absolute Gasteiger partial charge is 0.158 e. The second-order valence-electron chi connectivity index (χ2n) is 6.22. The summed E-state index contributed by atoms with van der Waals surface area (Å²) < 4.78 is 0. The third-order valence-corrected chi connectivity index (χ3v) is 4.84. The first kappa shape index (κ1) is 12.5. The maximum absolute atomic E-state index is 12.2. The first-order chi connectivity index (χ1) is 7.88. The Bertz CT molecular complexity index is 392. The van der Waals surface area contributed by atoms with E-state index in [1.165, 1.54) is 0 Å². The number of carbonyl (C=O) groups is 2. The van der Waals surface area contributed by atoms with Gasteiger partial charge in [-0.2, -0.15) is 0 Å². The fourth-order valence-corrected chi connectivity index (χ4v) is 3.87. The van der Waals surface area contributed by atoms with Crippen molar-refractivity contribution in [1.82, 2.24) is 0 Å². The van der Waals surface area contributed by atoms with Crippen LogP contribution >= 0.6 is 0 Å². The Labute approximate surface area is 103 Å². The zero-order valence-electron chi connectivity index (χ0n) is 11.2. The molecule has 2 rings (SSSR count). The molecule has 17 heavy (non-hydrogen) atoms. The van der Waals surface area contributed by atoms with Gasteiger partial charge in [0.15, 0.2) is 5.78 Å². The Hall–Kier alpha value is -0.920. The Balaban J connectivity index is 2.41. The van der Waals surface area contributed by atoms with E-state index in [0.717, 1.165) is 12.0 Å². The third-order valence-electron chi connectivity index (χ3n) is 4.84. The average Bonchev–Trinajstić information content (AvgIpc) is 2.45. The largest absolute Gasteiger partial charge is 0.299 e. The Morgan fingerprint density at radius 2 is 2.00 bits per heavy atom. The van der Waals surface area contributed by atoms with E-state index in [1.54, 1.807) is 0 Å². The molecular formula is C15H22O2. The molecule has 0 saturated heterocycles. The zero-order valence-corrected chi connectivity index (χ0v) is 11.2. The SMILES string of the molecule is CC1=CC[C@@]2(CC1=O)[C@@H](C(C)C)C(=O)C[C@@H]2C. The molecule has 0 unspecified atom stereocenters. The minimum absolute atomic E-state index is 0.0748. The summed E-state index contributed by atoms with van der Waals surface area (Å²) in [5.41, 5.74) is 0.798. The average molecular weight is 234 g/mol. The van der Waals surface area contributed by atoms with Crippen LogP contribution in [-0.2, 0) is 9.59 Å². The predicted octanol–water partition coefficient (Wildman–Crippen LogP) is 3.16. The lowest BCUT2D eigenvalue weighted by Gasteiger charge is -2.41. The summed E-state index contributed by atoms with van der Waals surface area (Å²) >= 11 is 0. The summed E-state index contributed by atoms with van der Waals surface area (Å²) in [4.78, 5) is 24.2. The quantitative estimate of drug-likeness (QED) is 0.698. The van der Waals surface area contributed by atoms with Gasteiger partial charge in [-0.05, 0) is 36.2 Å². The summed E-state index contributed by atoms with van der Waals surface area (Å²) in [7, 11) is 0. The molecule has 3 atom stereocenters. The molecule has 94 valence electrons. The number of hydrogen-bond donors (Lipinski definition) is 0. The number of hydrogen-bond acceptors (Lipinski definition) is 2. The van der Waals surface area contributed by atoms with Gasteiger partial charge in [-0.15, -0.1) is 0 Å². The van der Waals surface area contributed by atoms with Crippen LogP contribution in [0.3, 0.4) is 0 Å². The second-order valence-corrected chi connectivity index (χ2v) is 6.22. The van der Waals surface area contributed by atoms with Crippen LogP contribution in [-0.4, -0.2) is 11.6 Å². The lowest BCUT2D eigenvalue weighted by atomic mass is 9.61. The molecule has 0 aliphatic heterocycles. The van der Waals surface area contributed by atoms with Gasteiger partial charge in [0.05, 0.1) is 0 Å². The highest BCUT2D eigenvalue weighted by Crippen LogP contribution is 2.55. The van der Waals surface area contributed by atoms with Gasteiger partial charge >= 0.3 is 0 Å². The monoisotopic (exact) mass is 234 g/mol. The van der Waals surface area contributed by atoms with E-state index < -0.39 is 0 Å². The minimum atomic E-state index is -0.0815. The van der Waals surface area contributed by atoms with Crippen LogP contribution in [0.2, 0.25) is 0 Å². The van der Waals surface area contributed by atoms with Crippen LogP contribution < -0.4 is 0 Å². The van der Waals surface area contributed by atoms with E-state index in [4.69, 9.17) is 0 Å². The Morgan fingerprint density at radius 1 is 1.35 bits per heavy atom. The Kier molecular flexibility index (Phi) is 3.01. The lowest BCUT2D eigenvalue weighted by molar-refractivity contribution is -0.126. The van der Waals surface area contributed by atoms with Gasteiger partial charge < -0.3 is 0 Å². The van der Waals surface area contributed by atoms with Crippen LogP contribution in [0.5, 0.6) is 0 Å². The van der Waals surface area contributed by atoms with E-state index in [2.05, 4.69) is 26.8 Å². The van der Waals surface area contributed by atoms with Crippen molar-refractivity contribution >= 4 is 11.6 Å². The number of ketones is 2. The van der Waals surface area contributed by atoms with Gasteiger partial charge in [0.25, 0.3) is 0 Å². The van der Waals surface area contributed by atoms with Crippen molar-refractivity contribution in [1.29, 1.82) is 0 Å².